The molecule has 25 heavy (non-hydrogen) atoms. The fourth-order valence-corrected chi connectivity index (χ4v) is 4.37. The van der Waals surface area contributed by atoms with Crippen molar-refractivity contribution in [2.24, 2.45) is 11.7 Å². The third-order valence-electron chi connectivity index (χ3n) is 5.54. The first-order valence-electron chi connectivity index (χ1n) is 8.77. The van der Waals surface area contributed by atoms with Gasteiger partial charge in [-0.25, -0.2) is 0 Å². The number of hydrogen-bond acceptors (Lipinski definition) is 2. The Hall–Kier alpha value is -1.84. The number of amides is 1. The van der Waals surface area contributed by atoms with Crippen LogP contribution in [0.3, 0.4) is 0 Å². The van der Waals surface area contributed by atoms with E-state index in [0.29, 0.717) is 6.04 Å². The molecule has 3 nitrogen and oxygen atoms in total. The molecule has 0 aromatic heterocycles. The lowest BCUT2D eigenvalue weighted by molar-refractivity contribution is -0.124. The van der Waals surface area contributed by atoms with Gasteiger partial charge < -0.3 is 11.1 Å². The van der Waals surface area contributed by atoms with Gasteiger partial charge in [-0.2, -0.15) is 0 Å². The molecule has 3 rings (SSSR count). The molecule has 0 spiro atoms. The lowest BCUT2D eigenvalue weighted by Gasteiger charge is -2.43. The maximum Gasteiger partial charge on any atom is 0.232 e. The smallest absolute Gasteiger partial charge is 0.232 e. The third-order valence-corrected chi connectivity index (χ3v) is 5.54. The highest BCUT2D eigenvalue weighted by Gasteiger charge is 2.48. The maximum absolute atomic E-state index is 12.9. The van der Waals surface area contributed by atoms with Gasteiger partial charge in [0.2, 0.25) is 5.91 Å². The van der Waals surface area contributed by atoms with Crippen LogP contribution in [0.25, 0.3) is 0 Å². The summed E-state index contributed by atoms with van der Waals surface area (Å²) in [5.74, 6) is -0.0485. The Labute approximate surface area is 156 Å². The molecular formula is C21H27ClN2O. The van der Waals surface area contributed by atoms with E-state index < -0.39 is 5.41 Å². The van der Waals surface area contributed by atoms with Crippen molar-refractivity contribution in [3.63, 3.8) is 0 Å². The molecule has 1 aliphatic rings. The quantitative estimate of drug-likeness (QED) is 0.857. The van der Waals surface area contributed by atoms with Gasteiger partial charge >= 0.3 is 0 Å². The number of primary amides is 1. The molecule has 0 aliphatic heterocycles. The molecule has 134 valence electrons. The number of rotatable bonds is 5. The standard InChI is InChI=1S/C21H26N2O.ClH/c1-23-19-14-8-13-18(15-19)21(20(22)24,16-9-4-2-5-10-16)17-11-6-3-7-12-17;/h2-7,9-12,18-19,23H,8,13-15H2,1H3,(H2,22,24);1H. The van der Waals surface area contributed by atoms with Crippen molar-refractivity contribution in [2.75, 3.05) is 7.05 Å². The Morgan fingerprint density at radius 1 is 1.00 bits per heavy atom. The van der Waals surface area contributed by atoms with Crippen LogP contribution in [-0.2, 0) is 10.2 Å². The first-order chi connectivity index (χ1) is 11.7. The van der Waals surface area contributed by atoms with Gasteiger partial charge in [-0.15, -0.1) is 12.4 Å². The van der Waals surface area contributed by atoms with Crippen LogP contribution in [0.2, 0.25) is 0 Å². The molecular weight excluding hydrogens is 332 g/mol. The summed E-state index contributed by atoms with van der Waals surface area (Å²) in [6, 6.07) is 20.6. The van der Waals surface area contributed by atoms with E-state index in [1.807, 2.05) is 67.7 Å². The van der Waals surface area contributed by atoms with Gasteiger partial charge in [-0.3, -0.25) is 4.79 Å². The average Bonchev–Trinajstić information content (AvgIpc) is 2.64. The van der Waals surface area contributed by atoms with Gasteiger partial charge in [0.25, 0.3) is 0 Å². The zero-order valence-corrected chi connectivity index (χ0v) is 15.5. The van der Waals surface area contributed by atoms with Gasteiger partial charge in [0, 0.05) is 6.04 Å². The number of carbonyl (C=O) groups is 1. The highest BCUT2D eigenvalue weighted by molar-refractivity contribution is 5.91. The Bertz CT molecular complexity index is 635. The van der Waals surface area contributed by atoms with Crippen LogP contribution >= 0.6 is 12.4 Å². The number of benzene rings is 2. The summed E-state index contributed by atoms with van der Waals surface area (Å²) < 4.78 is 0. The first kappa shape index (κ1) is 19.5. The number of nitrogens with one attached hydrogen (secondary N) is 1. The molecule has 2 unspecified atom stereocenters. The summed E-state index contributed by atoms with van der Waals surface area (Å²) in [6.45, 7) is 0. The van der Waals surface area contributed by atoms with Crippen LogP contribution in [0.4, 0.5) is 0 Å². The van der Waals surface area contributed by atoms with Crippen LogP contribution in [0.1, 0.15) is 36.8 Å². The second-order valence-corrected chi connectivity index (χ2v) is 6.75. The Kier molecular flexibility index (Phi) is 6.63. The summed E-state index contributed by atoms with van der Waals surface area (Å²) in [5.41, 5.74) is 7.34. The second kappa shape index (κ2) is 8.50. The van der Waals surface area contributed by atoms with E-state index in [-0.39, 0.29) is 24.2 Å². The molecule has 1 fully saturated rings. The lowest BCUT2D eigenvalue weighted by atomic mass is 9.60. The molecule has 0 radical (unpaired) electrons. The number of nitrogens with two attached hydrogens (primary N) is 1. The van der Waals surface area contributed by atoms with E-state index in [1.54, 1.807) is 0 Å². The zero-order chi connectivity index (χ0) is 17.0. The largest absolute Gasteiger partial charge is 0.369 e. The molecule has 1 saturated carbocycles. The minimum atomic E-state index is -0.766. The summed E-state index contributed by atoms with van der Waals surface area (Å²) >= 11 is 0. The number of carbonyl (C=O) groups excluding carboxylic acids is 1. The van der Waals surface area contributed by atoms with Crippen molar-refractivity contribution in [3.8, 4) is 0 Å². The molecule has 0 bridgehead atoms. The molecule has 2 atom stereocenters. The molecule has 2 aromatic rings. The van der Waals surface area contributed by atoms with Crippen LogP contribution in [-0.4, -0.2) is 19.0 Å². The maximum atomic E-state index is 12.9. The Balaban J connectivity index is 0.00000225. The first-order valence-corrected chi connectivity index (χ1v) is 8.77. The molecule has 1 amide bonds. The monoisotopic (exact) mass is 358 g/mol. The minimum Gasteiger partial charge on any atom is -0.369 e. The fraction of sp³-hybridized carbons (Fsp3) is 0.381. The predicted molar refractivity (Wildman–Crippen MR) is 105 cm³/mol. The Morgan fingerprint density at radius 2 is 1.52 bits per heavy atom. The minimum absolute atomic E-state index is 0. The van der Waals surface area contributed by atoms with E-state index in [4.69, 9.17) is 5.73 Å². The third kappa shape index (κ3) is 3.58. The summed E-state index contributed by atoms with van der Waals surface area (Å²) in [6.07, 6.45) is 4.25. The lowest BCUT2D eigenvalue weighted by Crippen LogP contribution is -2.51. The van der Waals surface area contributed by atoms with E-state index in [2.05, 4.69) is 5.32 Å². The fourth-order valence-electron chi connectivity index (χ4n) is 4.37. The van der Waals surface area contributed by atoms with Crippen molar-refractivity contribution in [1.82, 2.24) is 5.32 Å². The molecule has 0 saturated heterocycles. The van der Waals surface area contributed by atoms with Crippen LogP contribution in [0.5, 0.6) is 0 Å². The van der Waals surface area contributed by atoms with Crippen molar-refractivity contribution in [2.45, 2.75) is 37.1 Å². The van der Waals surface area contributed by atoms with Gasteiger partial charge in [-0.1, -0.05) is 67.1 Å². The summed E-state index contributed by atoms with van der Waals surface area (Å²) in [7, 11) is 2.00. The zero-order valence-electron chi connectivity index (χ0n) is 14.7. The normalized spacial score (nSPS) is 20.5. The van der Waals surface area contributed by atoms with E-state index in [0.717, 1.165) is 36.8 Å². The van der Waals surface area contributed by atoms with Crippen molar-refractivity contribution in [3.05, 3.63) is 71.8 Å². The molecule has 3 N–H and O–H groups in total. The highest BCUT2D eigenvalue weighted by Crippen LogP contribution is 2.45. The van der Waals surface area contributed by atoms with E-state index >= 15 is 0 Å². The Morgan fingerprint density at radius 3 is 1.96 bits per heavy atom. The van der Waals surface area contributed by atoms with Crippen LogP contribution < -0.4 is 11.1 Å². The molecule has 4 heteroatoms. The van der Waals surface area contributed by atoms with Gasteiger partial charge in [0.15, 0.2) is 0 Å². The van der Waals surface area contributed by atoms with Crippen molar-refractivity contribution >= 4 is 18.3 Å². The van der Waals surface area contributed by atoms with E-state index in [1.165, 1.54) is 0 Å². The van der Waals surface area contributed by atoms with E-state index in [9.17, 15) is 4.79 Å². The topological polar surface area (TPSA) is 55.1 Å². The summed E-state index contributed by atoms with van der Waals surface area (Å²) in [4.78, 5) is 12.9. The number of hydrogen-bond donors (Lipinski definition) is 2. The van der Waals surface area contributed by atoms with Gasteiger partial charge in [-0.05, 0) is 43.4 Å². The van der Waals surface area contributed by atoms with Crippen LogP contribution in [0, 0.1) is 5.92 Å². The van der Waals surface area contributed by atoms with Crippen molar-refractivity contribution in [1.29, 1.82) is 0 Å². The highest BCUT2D eigenvalue weighted by atomic mass is 35.5. The number of halogens is 1. The van der Waals surface area contributed by atoms with Gasteiger partial charge in [0.1, 0.15) is 5.41 Å². The molecule has 2 aromatic carbocycles. The SMILES string of the molecule is CNC1CCCC(C(C(N)=O)(c2ccccc2)c2ccccc2)C1.Cl. The van der Waals surface area contributed by atoms with Crippen molar-refractivity contribution < 1.29 is 4.79 Å². The predicted octanol–water partition coefficient (Wildman–Crippen LogP) is 3.66. The molecule has 0 heterocycles. The molecule has 1 aliphatic carbocycles. The summed E-state index contributed by atoms with van der Waals surface area (Å²) in [5, 5.41) is 3.40. The second-order valence-electron chi connectivity index (χ2n) is 6.75. The van der Waals surface area contributed by atoms with Gasteiger partial charge in [0.05, 0.1) is 0 Å². The van der Waals surface area contributed by atoms with Crippen LogP contribution in [0.15, 0.2) is 60.7 Å². The average molecular weight is 359 g/mol.